The minimum atomic E-state index is -0.180. The molecule has 16 heavy (non-hydrogen) atoms. The van der Waals surface area contributed by atoms with Gasteiger partial charge in [0.05, 0.1) is 0 Å². The number of halogens is 1. The monoisotopic (exact) mass is 224 g/mol. The fourth-order valence-electron chi connectivity index (χ4n) is 1.75. The molecule has 0 aliphatic carbocycles. The number of benzene rings is 1. The summed E-state index contributed by atoms with van der Waals surface area (Å²) in [5.74, 6) is -0.180. The van der Waals surface area contributed by atoms with Gasteiger partial charge in [-0.2, -0.15) is 0 Å². The van der Waals surface area contributed by atoms with Crippen LogP contribution in [0.2, 0.25) is 0 Å². The van der Waals surface area contributed by atoms with Gasteiger partial charge in [-0.15, -0.1) is 0 Å². The first-order chi connectivity index (χ1) is 7.37. The quantitative estimate of drug-likeness (QED) is 0.829. The van der Waals surface area contributed by atoms with Crippen molar-refractivity contribution in [2.45, 2.75) is 25.8 Å². The number of rotatable bonds is 5. The molecule has 0 bridgehead atoms. The first-order valence-electron chi connectivity index (χ1n) is 5.59. The summed E-state index contributed by atoms with van der Waals surface area (Å²) in [4.78, 5) is 2.20. The maximum Gasteiger partial charge on any atom is 0.123 e. The number of nitrogens with zero attached hydrogens (tertiary/aromatic N) is 1. The highest BCUT2D eigenvalue weighted by atomic mass is 19.1. The third-order valence-electron chi connectivity index (χ3n) is 2.37. The first-order valence-corrected chi connectivity index (χ1v) is 5.59. The molecular formula is C13H21FN2. The molecule has 90 valence electrons. The third-order valence-corrected chi connectivity index (χ3v) is 2.37. The summed E-state index contributed by atoms with van der Waals surface area (Å²) in [6.45, 7) is 5.82. The number of likely N-dealkylation sites (N-methyl/N-ethyl adjacent to an activating group) is 1. The van der Waals surface area contributed by atoms with Gasteiger partial charge in [-0.25, -0.2) is 4.39 Å². The first kappa shape index (κ1) is 13.1. The Morgan fingerprint density at radius 1 is 1.25 bits per heavy atom. The summed E-state index contributed by atoms with van der Waals surface area (Å²) in [7, 11) is 2.05. The van der Waals surface area contributed by atoms with Crippen LogP contribution < -0.4 is 5.73 Å². The maximum atomic E-state index is 12.7. The van der Waals surface area contributed by atoms with Crippen molar-refractivity contribution in [3.05, 3.63) is 35.6 Å². The van der Waals surface area contributed by atoms with Gasteiger partial charge in [0.25, 0.3) is 0 Å². The van der Waals surface area contributed by atoms with Crippen LogP contribution in [-0.4, -0.2) is 30.6 Å². The Balaban J connectivity index is 2.37. The van der Waals surface area contributed by atoms with Crippen LogP contribution in [0.4, 0.5) is 4.39 Å². The Kier molecular flexibility index (Phi) is 4.44. The van der Waals surface area contributed by atoms with Crippen molar-refractivity contribution >= 4 is 0 Å². The SMILES string of the molecule is CN(CCc1ccc(F)cc1)CC(C)(C)N. The molecule has 3 heteroatoms. The molecule has 0 atom stereocenters. The molecule has 1 aromatic rings. The van der Waals surface area contributed by atoms with E-state index in [1.165, 1.54) is 12.1 Å². The zero-order chi connectivity index (χ0) is 12.2. The van der Waals surface area contributed by atoms with E-state index < -0.39 is 0 Å². The van der Waals surface area contributed by atoms with Gasteiger partial charge in [-0.1, -0.05) is 12.1 Å². The van der Waals surface area contributed by atoms with Gasteiger partial charge in [0, 0.05) is 18.6 Å². The molecule has 2 nitrogen and oxygen atoms in total. The molecule has 0 spiro atoms. The zero-order valence-electron chi connectivity index (χ0n) is 10.3. The highest BCUT2D eigenvalue weighted by Crippen LogP contribution is 2.05. The summed E-state index contributed by atoms with van der Waals surface area (Å²) >= 11 is 0. The lowest BCUT2D eigenvalue weighted by Crippen LogP contribution is -2.44. The van der Waals surface area contributed by atoms with Gasteiger partial charge in [-0.05, 0) is 45.0 Å². The molecule has 1 aromatic carbocycles. The van der Waals surface area contributed by atoms with Gasteiger partial charge in [0.15, 0.2) is 0 Å². The summed E-state index contributed by atoms with van der Waals surface area (Å²) < 4.78 is 12.7. The molecular weight excluding hydrogens is 203 g/mol. The van der Waals surface area contributed by atoms with Gasteiger partial charge >= 0.3 is 0 Å². The summed E-state index contributed by atoms with van der Waals surface area (Å²) in [6, 6.07) is 6.66. The van der Waals surface area contributed by atoms with Crippen LogP contribution in [0.1, 0.15) is 19.4 Å². The third kappa shape index (κ3) is 5.24. The standard InChI is InChI=1S/C13H21FN2/c1-13(2,15)10-16(3)9-8-11-4-6-12(14)7-5-11/h4-7H,8-10,15H2,1-3H3. The zero-order valence-corrected chi connectivity index (χ0v) is 10.3. The molecule has 0 saturated carbocycles. The van der Waals surface area contributed by atoms with Gasteiger partial charge in [0.2, 0.25) is 0 Å². The molecule has 0 fully saturated rings. The van der Waals surface area contributed by atoms with Crippen molar-refractivity contribution in [3.8, 4) is 0 Å². The van der Waals surface area contributed by atoms with Crippen molar-refractivity contribution in [2.24, 2.45) is 5.73 Å². The molecule has 0 unspecified atom stereocenters. The van der Waals surface area contributed by atoms with Crippen LogP contribution in [0.5, 0.6) is 0 Å². The van der Waals surface area contributed by atoms with Crippen molar-refractivity contribution in [1.82, 2.24) is 4.90 Å². The summed E-state index contributed by atoms with van der Waals surface area (Å²) in [5, 5.41) is 0. The van der Waals surface area contributed by atoms with Gasteiger partial charge in [0.1, 0.15) is 5.82 Å². The van der Waals surface area contributed by atoms with Crippen LogP contribution >= 0.6 is 0 Å². The van der Waals surface area contributed by atoms with E-state index in [0.717, 1.165) is 25.1 Å². The lowest BCUT2D eigenvalue weighted by molar-refractivity contribution is 0.273. The highest BCUT2D eigenvalue weighted by molar-refractivity contribution is 5.16. The minimum absolute atomic E-state index is 0.169. The number of hydrogen-bond donors (Lipinski definition) is 1. The van der Waals surface area contributed by atoms with E-state index in [1.807, 2.05) is 26.0 Å². The molecule has 0 aliphatic rings. The Labute approximate surface area is 97.3 Å². The van der Waals surface area contributed by atoms with Crippen molar-refractivity contribution in [3.63, 3.8) is 0 Å². The second-order valence-corrected chi connectivity index (χ2v) is 5.10. The highest BCUT2D eigenvalue weighted by Gasteiger charge is 2.13. The normalized spacial score (nSPS) is 12.1. The van der Waals surface area contributed by atoms with Crippen molar-refractivity contribution < 1.29 is 4.39 Å². The Bertz CT molecular complexity index is 314. The molecule has 0 heterocycles. The van der Waals surface area contributed by atoms with Crippen molar-refractivity contribution in [1.29, 1.82) is 0 Å². The average molecular weight is 224 g/mol. The largest absolute Gasteiger partial charge is 0.324 e. The van der Waals surface area contributed by atoms with Crippen LogP contribution in [-0.2, 0) is 6.42 Å². The predicted octanol–water partition coefficient (Wildman–Crippen LogP) is 2.04. The molecule has 2 N–H and O–H groups in total. The molecule has 0 aliphatic heterocycles. The lowest BCUT2D eigenvalue weighted by atomic mass is 10.1. The predicted molar refractivity (Wildman–Crippen MR) is 65.9 cm³/mol. The van der Waals surface area contributed by atoms with E-state index in [2.05, 4.69) is 11.9 Å². The number of nitrogens with two attached hydrogens (primary N) is 1. The second-order valence-electron chi connectivity index (χ2n) is 5.10. The van der Waals surface area contributed by atoms with E-state index in [9.17, 15) is 4.39 Å². The number of hydrogen-bond acceptors (Lipinski definition) is 2. The van der Waals surface area contributed by atoms with Gasteiger partial charge < -0.3 is 10.6 Å². The second kappa shape index (κ2) is 5.41. The van der Waals surface area contributed by atoms with E-state index in [-0.39, 0.29) is 11.4 Å². The Morgan fingerprint density at radius 3 is 2.31 bits per heavy atom. The van der Waals surface area contributed by atoms with Crippen LogP contribution in [0.15, 0.2) is 24.3 Å². The van der Waals surface area contributed by atoms with Gasteiger partial charge in [-0.3, -0.25) is 0 Å². The smallest absolute Gasteiger partial charge is 0.123 e. The molecule has 1 rings (SSSR count). The fourth-order valence-corrected chi connectivity index (χ4v) is 1.75. The molecule has 0 amide bonds. The summed E-state index contributed by atoms with van der Waals surface area (Å²) in [5.41, 5.74) is 6.92. The average Bonchev–Trinajstić information content (AvgIpc) is 2.14. The Hall–Kier alpha value is -0.930. The molecule has 0 aromatic heterocycles. The topological polar surface area (TPSA) is 29.3 Å². The van der Waals surface area contributed by atoms with Crippen LogP contribution in [0, 0.1) is 5.82 Å². The van der Waals surface area contributed by atoms with Crippen LogP contribution in [0.3, 0.4) is 0 Å². The Morgan fingerprint density at radius 2 is 1.81 bits per heavy atom. The van der Waals surface area contributed by atoms with E-state index in [1.54, 1.807) is 0 Å². The van der Waals surface area contributed by atoms with Crippen LogP contribution in [0.25, 0.3) is 0 Å². The molecule has 0 saturated heterocycles. The molecule has 0 radical (unpaired) electrons. The van der Waals surface area contributed by atoms with Crippen molar-refractivity contribution in [2.75, 3.05) is 20.1 Å². The minimum Gasteiger partial charge on any atom is -0.324 e. The van der Waals surface area contributed by atoms with E-state index in [4.69, 9.17) is 5.73 Å². The lowest BCUT2D eigenvalue weighted by Gasteiger charge is -2.26. The van der Waals surface area contributed by atoms with E-state index >= 15 is 0 Å². The fraction of sp³-hybridized carbons (Fsp3) is 0.538. The maximum absolute atomic E-state index is 12.7. The van der Waals surface area contributed by atoms with E-state index in [0.29, 0.717) is 0 Å². The summed E-state index contributed by atoms with van der Waals surface area (Å²) in [6.07, 6.45) is 0.923.